The molecule has 0 aliphatic carbocycles. The molecule has 0 aliphatic heterocycles. The van der Waals surface area contributed by atoms with Crippen molar-refractivity contribution in [3.8, 4) is 11.1 Å². The van der Waals surface area contributed by atoms with Crippen molar-refractivity contribution in [3.63, 3.8) is 0 Å². The van der Waals surface area contributed by atoms with Crippen molar-refractivity contribution in [1.29, 1.82) is 0 Å². The Morgan fingerprint density at radius 2 is 1.61 bits per heavy atom. The molecule has 2 unspecified atom stereocenters. The van der Waals surface area contributed by atoms with Crippen LogP contribution in [-0.4, -0.2) is 0 Å². The molecule has 2 atom stereocenters. The topological polar surface area (TPSA) is 0 Å². The maximum atomic E-state index is 3.92. The molecule has 0 spiro atoms. The lowest BCUT2D eigenvalue weighted by atomic mass is 9.90. The van der Waals surface area contributed by atoms with Gasteiger partial charge in [-0.1, -0.05) is 92.0 Å². The van der Waals surface area contributed by atoms with Crippen LogP contribution in [0.5, 0.6) is 0 Å². The second-order valence-corrected chi connectivity index (χ2v) is 8.59. The molecule has 0 saturated heterocycles. The summed E-state index contributed by atoms with van der Waals surface area (Å²) in [4.78, 5) is 0. The molecule has 0 aliphatic rings. The number of halogens is 1. The van der Waals surface area contributed by atoms with E-state index in [2.05, 4.69) is 92.2 Å². The zero-order valence-electron chi connectivity index (χ0n) is 14.9. The fourth-order valence-electron chi connectivity index (χ4n) is 3.26. The van der Waals surface area contributed by atoms with Gasteiger partial charge in [-0.05, 0) is 54.0 Å². The minimum Gasteiger partial charge on any atom is -0.0804 e. The van der Waals surface area contributed by atoms with Crippen molar-refractivity contribution in [3.05, 3.63) is 59.7 Å². The Balaban J connectivity index is 2.34. The van der Waals surface area contributed by atoms with Crippen LogP contribution in [0.2, 0.25) is 0 Å². The first-order chi connectivity index (χ1) is 11.0. The van der Waals surface area contributed by atoms with Crippen molar-refractivity contribution < 1.29 is 0 Å². The van der Waals surface area contributed by atoms with Crippen LogP contribution >= 0.6 is 15.9 Å². The fraction of sp³-hybridized carbons (Fsp3) is 0.455. The number of rotatable bonds is 7. The van der Waals surface area contributed by atoms with Gasteiger partial charge in [0.25, 0.3) is 0 Å². The standard InChI is InChI=1S/C22H29Br/c1-5-9-17(3)18-10-7-11-19(15-18)20-12-8-13-21(16-20)22(4,23)14-6-2/h7-8,10-13,15-17H,5-6,9,14H2,1-4H3. The molecule has 2 rings (SSSR count). The maximum absolute atomic E-state index is 3.92. The van der Waals surface area contributed by atoms with E-state index < -0.39 is 0 Å². The van der Waals surface area contributed by atoms with Crippen LogP contribution in [0.25, 0.3) is 11.1 Å². The van der Waals surface area contributed by atoms with Crippen LogP contribution in [0.4, 0.5) is 0 Å². The Morgan fingerprint density at radius 1 is 0.957 bits per heavy atom. The van der Waals surface area contributed by atoms with Crippen LogP contribution < -0.4 is 0 Å². The summed E-state index contributed by atoms with van der Waals surface area (Å²) in [6.45, 7) is 9.10. The number of alkyl halides is 1. The van der Waals surface area contributed by atoms with Gasteiger partial charge in [0.05, 0.1) is 0 Å². The van der Waals surface area contributed by atoms with Gasteiger partial charge in [0, 0.05) is 4.32 Å². The minimum absolute atomic E-state index is 0.0604. The molecule has 0 bridgehead atoms. The van der Waals surface area contributed by atoms with E-state index in [0.717, 1.165) is 6.42 Å². The lowest BCUT2D eigenvalue weighted by Gasteiger charge is -2.23. The first kappa shape index (κ1) is 18.3. The van der Waals surface area contributed by atoms with Gasteiger partial charge in [-0.2, -0.15) is 0 Å². The summed E-state index contributed by atoms with van der Waals surface area (Å²) in [7, 11) is 0. The monoisotopic (exact) mass is 372 g/mol. The van der Waals surface area contributed by atoms with E-state index in [-0.39, 0.29) is 4.32 Å². The SMILES string of the molecule is CCCC(C)c1cccc(-c2cccc(C(C)(Br)CCC)c2)c1. The van der Waals surface area contributed by atoms with E-state index in [9.17, 15) is 0 Å². The summed E-state index contributed by atoms with van der Waals surface area (Å²) in [6.07, 6.45) is 4.80. The number of benzene rings is 2. The van der Waals surface area contributed by atoms with E-state index in [0.29, 0.717) is 5.92 Å². The van der Waals surface area contributed by atoms with Gasteiger partial charge in [0.2, 0.25) is 0 Å². The molecule has 124 valence electrons. The zero-order valence-corrected chi connectivity index (χ0v) is 16.5. The average Bonchev–Trinajstić information content (AvgIpc) is 2.55. The highest BCUT2D eigenvalue weighted by molar-refractivity contribution is 9.09. The van der Waals surface area contributed by atoms with Gasteiger partial charge in [-0.25, -0.2) is 0 Å². The van der Waals surface area contributed by atoms with Crippen LogP contribution in [0.15, 0.2) is 48.5 Å². The molecule has 0 amide bonds. The third kappa shape index (κ3) is 4.70. The first-order valence-electron chi connectivity index (χ1n) is 8.87. The third-order valence-electron chi connectivity index (χ3n) is 4.69. The molecular formula is C22H29Br. The Labute approximate surface area is 150 Å². The van der Waals surface area contributed by atoms with E-state index >= 15 is 0 Å². The van der Waals surface area contributed by atoms with Gasteiger partial charge < -0.3 is 0 Å². The first-order valence-corrected chi connectivity index (χ1v) is 9.67. The summed E-state index contributed by atoms with van der Waals surface area (Å²) in [5, 5.41) is 0. The summed E-state index contributed by atoms with van der Waals surface area (Å²) >= 11 is 3.92. The molecule has 0 radical (unpaired) electrons. The second kappa shape index (κ2) is 8.15. The van der Waals surface area contributed by atoms with Gasteiger partial charge in [0.1, 0.15) is 0 Å². The Bertz CT molecular complexity index is 627. The van der Waals surface area contributed by atoms with E-state index in [1.807, 2.05) is 0 Å². The van der Waals surface area contributed by atoms with Gasteiger partial charge in [-0.3, -0.25) is 0 Å². The highest BCUT2D eigenvalue weighted by Crippen LogP contribution is 2.37. The summed E-state index contributed by atoms with van der Waals surface area (Å²) in [5.74, 6) is 0.629. The van der Waals surface area contributed by atoms with Crippen LogP contribution in [0.3, 0.4) is 0 Å². The molecule has 23 heavy (non-hydrogen) atoms. The average molecular weight is 373 g/mol. The van der Waals surface area contributed by atoms with Crippen molar-refractivity contribution in [1.82, 2.24) is 0 Å². The fourth-order valence-corrected chi connectivity index (χ4v) is 3.90. The Kier molecular flexibility index (Phi) is 6.47. The number of hydrogen-bond acceptors (Lipinski definition) is 0. The van der Waals surface area contributed by atoms with E-state index in [1.165, 1.54) is 41.5 Å². The Hall–Kier alpha value is -1.08. The maximum Gasteiger partial charge on any atom is 0.0478 e. The molecule has 0 fully saturated rings. The minimum atomic E-state index is 0.0604. The Morgan fingerprint density at radius 3 is 2.26 bits per heavy atom. The van der Waals surface area contributed by atoms with Crippen LogP contribution in [0.1, 0.15) is 70.4 Å². The molecule has 0 aromatic heterocycles. The van der Waals surface area contributed by atoms with E-state index in [4.69, 9.17) is 0 Å². The highest BCUT2D eigenvalue weighted by Gasteiger charge is 2.21. The molecule has 1 heteroatoms. The molecular weight excluding hydrogens is 344 g/mol. The third-order valence-corrected chi connectivity index (χ3v) is 5.55. The van der Waals surface area contributed by atoms with Gasteiger partial charge >= 0.3 is 0 Å². The van der Waals surface area contributed by atoms with Crippen molar-refractivity contribution in [2.24, 2.45) is 0 Å². The lowest BCUT2D eigenvalue weighted by Crippen LogP contribution is -2.12. The summed E-state index contributed by atoms with van der Waals surface area (Å²) < 4.78 is 0.0604. The molecule has 0 nitrogen and oxygen atoms in total. The van der Waals surface area contributed by atoms with Crippen molar-refractivity contribution in [2.75, 3.05) is 0 Å². The number of hydrogen-bond donors (Lipinski definition) is 0. The van der Waals surface area contributed by atoms with E-state index in [1.54, 1.807) is 0 Å². The predicted molar refractivity (Wildman–Crippen MR) is 106 cm³/mol. The van der Waals surface area contributed by atoms with Crippen molar-refractivity contribution in [2.45, 2.75) is 63.6 Å². The second-order valence-electron chi connectivity index (χ2n) is 6.84. The summed E-state index contributed by atoms with van der Waals surface area (Å²) in [5.41, 5.74) is 5.45. The smallest absolute Gasteiger partial charge is 0.0478 e. The predicted octanol–water partition coefficient (Wildman–Crippen LogP) is 7.67. The van der Waals surface area contributed by atoms with Gasteiger partial charge in [-0.15, -0.1) is 0 Å². The van der Waals surface area contributed by atoms with Gasteiger partial charge in [0.15, 0.2) is 0 Å². The molecule has 0 heterocycles. The molecule has 0 N–H and O–H groups in total. The van der Waals surface area contributed by atoms with Crippen LogP contribution in [-0.2, 0) is 4.32 Å². The lowest BCUT2D eigenvalue weighted by molar-refractivity contribution is 0.622. The van der Waals surface area contributed by atoms with Crippen molar-refractivity contribution >= 4 is 15.9 Å². The zero-order chi connectivity index (χ0) is 16.9. The summed E-state index contributed by atoms with van der Waals surface area (Å²) in [6, 6.07) is 18.0. The normalized spacial score (nSPS) is 15.2. The highest BCUT2D eigenvalue weighted by atomic mass is 79.9. The molecule has 2 aromatic rings. The quantitative estimate of drug-likeness (QED) is 0.437. The molecule has 2 aromatic carbocycles. The molecule has 0 saturated carbocycles. The largest absolute Gasteiger partial charge is 0.0804 e. The van der Waals surface area contributed by atoms with Crippen LogP contribution in [0, 0.1) is 0 Å².